The van der Waals surface area contributed by atoms with Gasteiger partial charge < -0.3 is 0 Å². The molecule has 2 aromatic rings. The Morgan fingerprint density at radius 1 is 0.714 bits per heavy atom. The van der Waals surface area contributed by atoms with Crippen molar-refractivity contribution < 1.29 is 9.59 Å². The number of fused-ring (bicyclic) bond motifs is 6. The highest BCUT2D eigenvalue weighted by molar-refractivity contribution is 6.27. The zero-order valence-electron chi connectivity index (χ0n) is 11.9. The number of nitrogens with one attached hydrogen (secondary N) is 1. The molecule has 0 aromatic heterocycles. The second-order valence-electron chi connectivity index (χ2n) is 5.95. The van der Waals surface area contributed by atoms with E-state index >= 15 is 0 Å². The largest absolute Gasteiger partial charge is 0.288 e. The van der Waals surface area contributed by atoms with Gasteiger partial charge in [0.15, 0.2) is 0 Å². The highest BCUT2D eigenvalue weighted by atomic mass is 16.2. The summed E-state index contributed by atoms with van der Waals surface area (Å²) in [4.78, 5) is 24.5. The third-order valence-corrected chi connectivity index (χ3v) is 4.72. The smallest absolute Gasteiger partial charge is 0.259 e. The number of imide groups is 1. The summed E-state index contributed by atoms with van der Waals surface area (Å²) in [7, 11) is 0. The molecule has 3 heteroatoms. The van der Waals surface area contributed by atoms with Crippen molar-refractivity contribution in [2.75, 3.05) is 0 Å². The number of aryl methyl sites for hydroxylation is 1. The Balaban J connectivity index is 2.13. The molecular formula is C18H17NO2. The van der Waals surface area contributed by atoms with Crippen molar-refractivity contribution in [3.63, 3.8) is 0 Å². The van der Waals surface area contributed by atoms with Gasteiger partial charge >= 0.3 is 0 Å². The van der Waals surface area contributed by atoms with Crippen molar-refractivity contribution in [3.8, 4) is 0 Å². The van der Waals surface area contributed by atoms with E-state index in [9.17, 15) is 9.59 Å². The molecule has 0 unspecified atom stereocenters. The number of hydrogen-bond donors (Lipinski definition) is 1. The van der Waals surface area contributed by atoms with Crippen LogP contribution in [0.4, 0.5) is 0 Å². The summed E-state index contributed by atoms with van der Waals surface area (Å²) in [6.45, 7) is 0. The summed E-state index contributed by atoms with van der Waals surface area (Å²) < 4.78 is 0. The molecule has 2 aliphatic rings. The van der Waals surface area contributed by atoms with Crippen LogP contribution in [0.25, 0.3) is 10.8 Å². The Hall–Kier alpha value is -2.16. The van der Waals surface area contributed by atoms with E-state index in [1.807, 2.05) is 18.2 Å². The van der Waals surface area contributed by atoms with Crippen molar-refractivity contribution >= 4 is 22.6 Å². The van der Waals surface area contributed by atoms with E-state index in [1.165, 1.54) is 18.4 Å². The summed E-state index contributed by atoms with van der Waals surface area (Å²) in [5.41, 5.74) is 3.64. The molecule has 0 atom stereocenters. The first kappa shape index (κ1) is 12.6. The van der Waals surface area contributed by atoms with Crippen LogP contribution in [0.15, 0.2) is 24.3 Å². The molecule has 21 heavy (non-hydrogen) atoms. The van der Waals surface area contributed by atoms with Gasteiger partial charge in [-0.1, -0.05) is 37.1 Å². The molecule has 0 saturated carbocycles. The highest BCUT2D eigenvalue weighted by Crippen LogP contribution is 2.36. The minimum atomic E-state index is -0.240. The van der Waals surface area contributed by atoms with Gasteiger partial charge in [-0.15, -0.1) is 0 Å². The molecule has 4 rings (SSSR count). The van der Waals surface area contributed by atoms with E-state index in [4.69, 9.17) is 0 Å². The third-order valence-electron chi connectivity index (χ3n) is 4.72. The van der Waals surface area contributed by atoms with E-state index in [-0.39, 0.29) is 11.8 Å². The normalized spacial score (nSPS) is 17.9. The molecule has 0 fully saturated rings. The monoisotopic (exact) mass is 279 g/mol. The first-order chi connectivity index (χ1) is 10.3. The van der Waals surface area contributed by atoms with Gasteiger partial charge in [-0.25, -0.2) is 0 Å². The first-order valence-electron chi connectivity index (χ1n) is 7.69. The Labute approximate surface area is 123 Å². The number of rotatable bonds is 0. The Bertz CT molecular complexity index is 776. The Morgan fingerprint density at radius 2 is 1.33 bits per heavy atom. The van der Waals surface area contributed by atoms with Crippen LogP contribution in [0, 0.1) is 0 Å². The molecule has 0 spiro atoms. The minimum absolute atomic E-state index is 0.211. The van der Waals surface area contributed by atoms with Crippen molar-refractivity contribution in [1.82, 2.24) is 5.32 Å². The number of carbonyl (C=O) groups is 2. The lowest BCUT2D eigenvalue weighted by molar-refractivity contribution is 0.0880. The molecular weight excluding hydrogens is 262 g/mol. The summed E-state index contributed by atoms with van der Waals surface area (Å²) in [5.74, 6) is -0.450. The third kappa shape index (κ3) is 1.80. The number of amides is 2. The zero-order valence-corrected chi connectivity index (χ0v) is 11.9. The zero-order chi connectivity index (χ0) is 14.4. The predicted octanol–water partition coefficient (Wildman–Crippen LogP) is 3.38. The van der Waals surface area contributed by atoms with E-state index in [1.54, 1.807) is 0 Å². The van der Waals surface area contributed by atoms with Crippen LogP contribution in [0.1, 0.15) is 57.5 Å². The molecule has 3 nitrogen and oxygen atoms in total. The molecule has 1 heterocycles. The van der Waals surface area contributed by atoms with Gasteiger partial charge in [0.1, 0.15) is 0 Å². The summed E-state index contributed by atoms with van der Waals surface area (Å²) in [5, 5.41) is 4.56. The Kier molecular flexibility index (Phi) is 2.81. The van der Waals surface area contributed by atoms with E-state index < -0.39 is 0 Å². The molecule has 0 saturated heterocycles. The van der Waals surface area contributed by atoms with Crippen molar-refractivity contribution in [1.29, 1.82) is 0 Å². The van der Waals surface area contributed by atoms with E-state index in [0.717, 1.165) is 42.0 Å². The standard InChI is InChI=1S/C18H17NO2/c20-17-15-13-9-4-2-1-3-7-11(13)12-8-5-6-10-14(12)16(15)18(21)19-17/h5-6,8,10H,1-4,7,9H2,(H,19,20,21). The highest BCUT2D eigenvalue weighted by Gasteiger charge is 2.33. The lowest BCUT2D eigenvalue weighted by atomic mass is 9.84. The molecule has 2 amide bonds. The molecule has 0 radical (unpaired) electrons. The van der Waals surface area contributed by atoms with Gasteiger partial charge in [0.25, 0.3) is 11.8 Å². The fourth-order valence-electron chi connectivity index (χ4n) is 3.80. The van der Waals surface area contributed by atoms with Gasteiger partial charge in [0.2, 0.25) is 0 Å². The number of hydrogen-bond acceptors (Lipinski definition) is 2. The summed E-state index contributed by atoms with van der Waals surface area (Å²) >= 11 is 0. The van der Waals surface area contributed by atoms with Crippen molar-refractivity contribution in [2.45, 2.75) is 38.5 Å². The number of carbonyl (C=O) groups excluding carboxylic acids is 2. The van der Waals surface area contributed by atoms with Gasteiger partial charge in [-0.05, 0) is 47.6 Å². The van der Waals surface area contributed by atoms with E-state index in [2.05, 4.69) is 11.4 Å². The van der Waals surface area contributed by atoms with Gasteiger partial charge in [-0.2, -0.15) is 0 Å². The topological polar surface area (TPSA) is 46.2 Å². The molecule has 1 N–H and O–H groups in total. The van der Waals surface area contributed by atoms with Gasteiger partial charge in [0.05, 0.1) is 11.1 Å². The maximum atomic E-state index is 12.3. The molecule has 2 aromatic carbocycles. The van der Waals surface area contributed by atoms with Crippen LogP contribution in [0.2, 0.25) is 0 Å². The van der Waals surface area contributed by atoms with Crippen LogP contribution in [0.3, 0.4) is 0 Å². The van der Waals surface area contributed by atoms with Crippen LogP contribution >= 0.6 is 0 Å². The van der Waals surface area contributed by atoms with Gasteiger partial charge in [0, 0.05) is 0 Å². The average molecular weight is 279 g/mol. The van der Waals surface area contributed by atoms with Crippen LogP contribution in [-0.2, 0) is 12.8 Å². The second-order valence-corrected chi connectivity index (χ2v) is 5.95. The Morgan fingerprint density at radius 3 is 2.10 bits per heavy atom. The lowest BCUT2D eigenvalue weighted by Gasteiger charge is -2.19. The SMILES string of the molecule is O=C1NC(=O)c2c1c1c(c3ccccc23)CCCCCC1. The molecule has 1 aliphatic carbocycles. The first-order valence-corrected chi connectivity index (χ1v) is 7.69. The fraction of sp³-hybridized carbons (Fsp3) is 0.333. The van der Waals surface area contributed by atoms with Gasteiger partial charge in [-0.3, -0.25) is 14.9 Å². The second kappa shape index (κ2) is 4.69. The van der Waals surface area contributed by atoms with E-state index in [0.29, 0.717) is 11.1 Å². The number of benzene rings is 2. The van der Waals surface area contributed by atoms with Crippen LogP contribution < -0.4 is 5.32 Å². The summed E-state index contributed by atoms with van der Waals surface area (Å²) in [6.07, 6.45) is 6.62. The predicted molar refractivity (Wildman–Crippen MR) is 81.6 cm³/mol. The molecule has 1 aliphatic heterocycles. The van der Waals surface area contributed by atoms with Crippen LogP contribution in [-0.4, -0.2) is 11.8 Å². The van der Waals surface area contributed by atoms with Crippen molar-refractivity contribution in [2.24, 2.45) is 0 Å². The fourth-order valence-corrected chi connectivity index (χ4v) is 3.80. The average Bonchev–Trinajstić information content (AvgIpc) is 2.74. The lowest BCUT2D eigenvalue weighted by Crippen LogP contribution is -2.20. The molecule has 106 valence electrons. The maximum Gasteiger partial charge on any atom is 0.259 e. The summed E-state index contributed by atoms with van der Waals surface area (Å²) in [6, 6.07) is 8.01. The maximum absolute atomic E-state index is 12.3. The molecule has 0 bridgehead atoms. The quantitative estimate of drug-likeness (QED) is 0.751. The van der Waals surface area contributed by atoms with Crippen LogP contribution in [0.5, 0.6) is 0 Å². The minimum Gasteiger partial charge on any atom is -0.288 e. The van der Waals surface area contributed by atoms with Crippen molar-refractivity contribution in [3.05, 3.63) is 46.5 Å².